The first-order chi connectivity index (χ1) is 14.0. The third kappa shape index (κ3) is 5.36. The van der Waals surface area contributed by atoms with Crippen LogP contribution in [0.15, 0.2) is 71.2 Å². The van der Waals surface area contributed by atoms with E-state index in [2.05, 4.69) is 26.6 Å². The van der Waals surface area contributed by atoms with Gasteiger partial charge in [-0.05, 0) is 54.1 Å². The second kappa shape index (κ2) is 9.25. The van der Waals surface area contributed by atoms with Gasteiger partial charge in [-0.3, -0.25) is 9.59 Å². The third-order valence-electron chi connectivity index (χ3n) is 4.17. The lowest BCUT2D eigenvalue weighted by atomic mass is 10.1. The van der Waals surface area contributed by atoms with Crippen molar-refractivity contribution in [2.45, 2.75) is 6.54 Å². The van der Waals surface area contributed by atoms with Crippen LogP contribution in [0.25, 0.3) is 0 Å². The van der Waals surface area contributed by atoms with Crippen molar-refractivity contribution in [2.24, 2.45) is 0 Å². The van der Waals surface area contributed by atoms with Crippen LogP contribution < -0.4 is 15.4 Å². The van der Waals surface area contributed by atoms with Gasteiger partial charge < -0.3 is 20.5 Å². The maximum Gasteiger partial charge on any atom is 0.255 e. The average Bonchev–Trinajstić information content (AvgIpc) is 2.73. The number of rotatable bonds is 6. The first kappa shape index (κ1) is 20.4. The molecule has 0 aliphatic rings. The van der Waals surface area contributed by atoms with E-state index in [0.717, 1.165) is 10.0 Å². The van der Waals surface area contributed by atoms with E-state index in [4.69, 9.17) is 4.74 Å². The molecule has 3 aromatic rings. The number of phenols is 1. The van der Waals surface area contributed by atoms with Crippen LogP contribution in [0.3, 0.4) is 0 Å². The minimum absolute atomic E-state index is 0.0384. The van der Waals surface area contributed by atoms with Crippen LogP contribution in [0.4, 0.5) is 5.69 Å². The Morgan fingerprint density at radius 1 is 0.966 bits per heavy atom. The van der Waals surface area contributed by atoms with Crippen molar-refractivity contribution in [3.8, 4) is 11.5 Å². The van der Waals surface area contributed by atoms with Gasteiger partial charge in [0.1, 0.15) is 0 Å². The average molecular weight is 455 g/mol. The molecule has 0 aliphatic carbocycles. The summed E-state index contributed by atoms with van der Waals surface area (Å²) < 4.78 is 5.88. The van der Waals surface area contributed by atoms with Crippen LogP contribution >= 0.6 is 15.9 Å². The molecule has 0 aromatic heterocycles. The molecule has 0 saturated carbocycles. The van der Waals surface area contributed by atoms with Gasteiger partial charge in [0.25, 0.3) is 11.8 Å². The quantitative estimate of drug-likeness (QED) is 0.516. The minimum Gasteiger partial charge on any atom is -0.504 e. The SMILES string of the molecule is COc1cc(CNC(=O)c2cccc(NC(=O)c3cccc(Br)c3)c2)ccc1O. The predicted octanol–water partition coefficient (Wildman–Crippen LogP) is 4.35. The standard InChI is InChI=1S/C22H19BrN2O4/c1-29-20-10-14(8-9-19(20)26)13-24-21(27)16-5-3-7-18(12-16)25-22(28)15-4-2-6-17(23)11-15/h2-12,26H,13H2,1H3,(H,24,27)(H,25,28). The van der Waals surface area contributed by atoms with E-state index in [1.165, 1.54) is 13.2 Å². The Bertz CT molecular complexity index is 1050. The Morgan fingerprint density at radius 3 is 2.41 bits per heavy atom. The van der Waals surface area contributed by atoms with E-state index in [0.29, 0.717) is 22.6 Å². The van der Waals surface area contributed by atoms with Crippen molar-refractivity contribution >= 4 is 33.4 Å². The summed E-state index contributed by atoms with van der Waals surface area (Å²) in [6, 6.07) is 18.6. The van der Waals surface area contributed by atoms with Crippen molar-refractivity contribution in [2.75, 3.05) is 12.4 Å². The summed E-state index contributed by atoms with van der Waals surface area (Å²) in [7, 11) is 1.46. The molecular weight excluding hydrogens is 436 g/mol. The molecule has 0 bridgehead atoms. The normalized spacial score (nSPS) is 10.3. The number of hydrogen-bond acceptors (Lipinski definition) is 4. The summed E-state index contributed by atoms with van der Waals surface area (Å²) in [6.45, 7) is 0.268. The number of benzene rings is 3. The molecule has 6 nitrogen and oxygen atoms in total. The van der Waals surface area contributed by atoms with Crippen molar-refractivity contribution in [1.82, 2.24) is 5.32 Å². The Morgan fingerprint density at radius 2 is 1.69 bits per heavy atom. The van der Waals surface area contributed by atoms with E-state index < -0.39 is 0 Å². The maximum absolute atomic E-state index is 12.5. The van der Waals surface area contributed by atoms with Crippen LogP contribution in [-0.4, -0.2) is 24.0 Å². The molecule has 0 aliphatic heterocycles. The first-order valence-corrected chi connectivity index (χ1v) is 9.56. The number of halogens is 1. The number of ether oxygens (including phenoxy) is 1. The number of amides is 2. The van der Waals surface area contributed by atoms with Gasteiger partial charge in [0.05, 0.1) is 7.11 Å². The third-order valence-corrected chi connectivity index (χ3v) is 4.66. The van der Waals surface area contributed by atoms with E-state index in [1.807, 2.05) is 6.07 Å². The number of hydrogen-bond donors (Lipinski definition) is 3. The minimum atomic E-state index is -0.282. The molecule has 29 heavy (non-hydrogen) atoms. The Kier molecular flexibility index (Phi) is 6.51. The summed E-state index contributed by atoms with van der Waals surface area (Å²) >= 11 is 3.34. The highest BCUT2D eigenvalue weighted by atomic mass is 79.9. The number of aromatic hydroxyl groups is 1. The Balaban J connectivity index is 1.65. The molecule has 7 heteroatoms. The smallest absolute Gasteiger partial charge is 0.255 e. The fraction of sp³-hybridized carbons (Fsp3) is 0.0909. The molecule has 3 N–H and O–H groups in total. The molecule has 0 heterocycles. The summed E-state index contributed by atoms with van der Waals surface area (Å²) in [6.07, 6.45) is 0. The summed E-state index contributed by atoms with van der Waals surface area (Å²) in [5.41, 5.74) is 2.24. The van der Waals surface area contributed by atoms with Crippen LogP contribution in [0.1, 0.15) is 26.3 Å². The van der Waals surface area contributed by atoms with E-state index >= 15 is 0 Å². The number of carbonyl (C=O) groups is 2. The van der Waals surface area contributed by atoms with Gasteiger partial charge in [-0.1, -0.05) is 34.1 Å². The van der Waals surface area contributed by atoms with E-state index in [-0.39, 0.29) is 24.1 Å². The molecular formula is C22H19BrN2O4. The highest BCUT2D eigenvalue weighted by molar-refractivity contribution is 9.10. The van der Waals surface area contributed by atoms with Crippen LogP contribution in [0, 0.1) is 0 Å². The van der Waals surface area contributed by atoms with Crippen molar-refractivity contribution in [3.05, 3.63) is 87.9 Å². The Labute approximate surface area is 176 Å². The van der Waals surface area contributed by atoms with Crippen molar-refractivity contribution in [1.29, 1.82) is 0 Å². The summed E-state index contributed by atoms with van der Waals surface area (Å²) in [5, 5.41) is 15.2. The zero-order valence-electron chi connectivity index (χ0n) is 15.6. The number of nitrogens with one attached hydrogen (secondary N) is 2. The highest BCUT2D eigenvalue weighted by Gasteiger charge is 2.10. The van der Waals surface area contributed by atoms with Gasteiger partial charge in [-0.25, -0.2) is 0 Å². The van der Waals surface area contributed by atoms with Crippen molar-refractivity contribution < 1.29 is 19.4 Å². The molecule has 0 radical (unpaired) electrons. The molecule has 0 fully saturated rings. The fourth-order valence-corrected chi connectivity index (χ4v) is 3.09. The highest BCUT2D eigenvalue weighted by Crippen LogP contribution is 2.26. The van der Waals surface area contributed by atoms with Gasteiger partial charge >= 0.3 is 0 Å². The molecule has 2 amide bonds. The summed E-state index contributed by atoms with van der Waals surface area (Å²) in [5.74, 6) is -0.166. The van der Waals surface area contributed by atoms with E-state index in [1.54, 1.807) is 54.6 Å². The number of phenolic OH excluding ortho intramolecular Hbond substituents is 1. The molecule has 0 atom stereocenters. The molecule has 0 saturated heterocycles. The zero-order chi connectivity index (χ0) is 20.8. The monoisotopic (exact) mass is 454 g/mol. The number of anilines is 1. The number of methoxy groups -OCH3 is 1. The van der Waals surface area contributed by atoms with Crippen LogP contribution in [0.5, 0.6) is 11.5 Å². The molecule has 0 unspecified atom stereocenters. The number of carbonyl (C=O) groups excluding carboxylic acids is 2. The van der Waals surface area contributed by atoms with Crippen LogP contribution in [0.2, 0.25) is 0 Å². The Hall–Kier alpha value is -3.32. The topological polar surface area (TPSA) is 87.7 Å². The van der Waals surface area contributed by atoms with Crippen LogP contribution in [-0.2, 0) is 6.54 Å². The van der Waals surface area contributed by atoms with Gasteiger partial charge in [0, 0.05) is 27.8 Å². The molecule has 0 spiro atoms. The lowest BCUT2D eigenvalue weighted by molar-refractivity contribution is 0.0949. The lowest BCUT2D eigenvalue weighted by Gasteiger charge is -2.10. The predicted molar refractivity (Wildman–Crippen MR) is 114 cm³/mol. The summed E-state index contributed by atoms with van der Waals surface area (Å²) in [4.78, 5) is 24.9. The van der Waals surface area contributed by atoms with Gasteiger partial charge in [-0.15, -0.1) is 0 Å². The van der Waals surface area contributed by atoms with Crippen molar-refractivity contribution in [3.63, 3.8) is 0 Å². The fourth-order valence-electron chi connectivity index (χ4n) is 2.69. The molecule has 3 aromatic carbocycles. The largest absolute Gasteiger partial charge is 0.504 e. The second-order valence-electron chi connectivity index (χ2n) is 6.23. The first-order valence-electron chi connectivity index (χ1n) is 8.77. The second-order valence-corrected chi connectivity index (χ2v) is 7.15. The lowest BCUT2D eigenvalue weighted by Crippen LogP contribution is -2.23. The van der Waals surface area contributed by atoms with Gasteiger partial charge in [0.2, 0.25) is 0 Å². The van der Waals surface area contributed by atoms with Gasteiger partial charge in [-0.2, -0.15) is 0 Å². The zero-order valence-corrected chi connectivity index (χ0v) is 17.2. The molecule has 3 rings (SSSR count). The van der Waals surface area contributed by atoms with Gasteiger partial charge in [0.15, 0.2) is 11.5 Å². The van der Waals surface area contributed by atoms with E-state index in [9.17, 15) is 14.7 Å². The maximum atomic E-state index is 12.5. The molecule has 148 valence electrons.